The fourth-order valence-electron chi connectivity index (χ4n) is 2.75. The molecule has 0 N–H and O–H groups in total. The lowest BCUT2D eigenvalue weighted by molar-refractivity contribution is -0.117. The summed E-state index contributed by atoms with van der Waals surface area (Å²) in [6.07, 6.45) is 1.89. The van der Waals surface area contributed by atoms with Crippen LogP contribution in [0.15, 0.2) is 12.1 Å². The second-order valence-corrected chi connectivity index (χ2v) is 6.86. The molecule has 0 aromatic heterocycles. The van der Waals surface area contributed by atoms with Crippen LogP contribution >= 0.6 is 0 Å². The minimum absolute atomic E-state index is 0.0453. The molecule has 0 radical (unpaired) electrons. The van der Waals surface area contributed by atoms with Gasteiger partial charge in [-0.3, -0.25) is 0 Å². The molecule has 0 fully saturated rings. The van der Waals surface area contributed by atoms with Crippen molar-refractivity contribution in [2.24, 2.45) is 5.92 Å². The average molecular weight is 352 g/mol. The van der Waals surface area contributed by atoms with Gasteiger partial charge in [-0.2, -0.15) is 0 Å². The van der Waals surface area contributed by atoms with Crippen LogP contribution in [-0.4, -0.2) is 38.8 Å². The topological polar surface area (TPSA) is 54.0 Å². The second-order valence-electron chi connectivity index (χ2n) is 6.86. The van der Waals surface area contributed by atoms with Crippen molar-refractivity contribution in [1.82, 2.24) is 0 Å². The smallest absolute Gasteiger partial charge is 0.167 e. The quantitative estimate of drug-likeness (QED) is 0.562. The number of hydrogen-bond donors (Lipinski definition) is 0. The maximum atomic E-state index is 11.0. The van der Waals surface area contributed by atoms with Crippen LogP contribution in [0.1, 0.15) is 46.6 Å². The number of ether oxygens (including phenoxy) is 4. The summed E-state index contributed by atoms with van der Waals surface area (Å²) >= 11 is 0. The molecule has 1 aromatic carbocycles. The van der Waals surface area contributed by atoms with Gasteiger partial charge in [0.15, 0.2) is 11.5 Å². The van der Waals surface area contributed by atoms with Crippen LogP contribution in [0.25, 0.3) is 0 Å². The largest absolute Gasteiger partial charge is 0.492 e. The van der Waals surface area contributed by atoms with E-state index in [9.17, 15) is 4.79 Å². The van der Waals surface area contributed by atoms with Gasteiger partial charge in [0, 0.05) is 12.7 Å². The van der Waals surface area contributed by atoms with Gasteiger partial charge in [-0.1, -0.05) is 6.92 Å². The Morgan fingerprint density at radius 3 is 2.00 bits per heavy atom. The molecule has 0 aliphatic rings. The third-order valence-electron chi connectivity index (χ3n) is 3.75. The number of benzene rings is 1. The molecule has 0 bridgehead atoms. The van der Waals surface area contributed by atoms with Crippen molar-refractivity contribution in [2.75, 3.05) is 14.2 Å². The molecular weight excluding hydrogens is 320 g/mol. The number of rotatable bonds is 11. The highest BCUT2D eigenvalue weighted by Crippen LogP contribution is 2.40. The number of aldehydes is 1. The van der Waals surface area contributed by atoms with Gasteiger partial charge in [0.2, 0.25) is 0 Å². The van der Waals surface area contributed by atoms with Crippen molar-refractivity contribution < 1.29 is 23.7 Å². The highest BCUT2D eigenvalue weighted by molar-refractivity contribution is 5.56. The Labute approximate surface area is 151 Å². The molecule has 0 saturated heterocycles. The molecule has 142 valence electrons. The Hall–Kier alpha value is -1.75. The average Bonchev–Trinajstić information content (AvgIpc) is 2.54. The zero-order valence-corrected chi connectivity index (χ0v) is 16.5. The van der Waals surface area contributed by atoms with Crippen molar-refractivity contribution in [3.8, 4) is 17.2 Å². The molecule has 0 amide bonds. The second kappa shape index (κ2) is 10.3. The zero-order valence-electron chi connectivity index (χ0n) is 16.5. The first-order valence-electron chi connectivity index (χ1n) is 8.83. The maximum Gasteiger partial charge on any atom is 0.167 e. The molecule has 2 atom stereocenters. The van der Waals surface area contributed by atoms with Crippen molar-refractivity contribution >= 4 is 6.29 Å². The van der Waals surface area contributed by atoms with Crippen LogP contribution in [-0.2, 0) is 16.0 Å². The summed E-state index contributed by atoms with van der Waals surface area (Å²) in [6, 6.07) is 3.81. The van der Waals surface area contributed by atoms with E-state index < -0.39 is 6.10 Å². The molecule has 5 nitrogen and oxygen atoms in total. The van der Waals surface area contributed by atoms with Crippen molar-refractivity contribution in [3.05, 3.63) is 17.7 Å². The van der Waals surface area contributed by atoms with Gasteiger partial charge in [0.25, 0.3) is 0 Å². The van der Waals surface area contributed by atoms with E-state index in [0.29, 0.717) is 24.3 Å². The molecule has 0 heterocycles. The van der Waals surface area contributed by atoms with Crippen LogP contribution in [0, 0.1) is 5.92 Å². The van der Waals surface area contributed by atoms with Crippen LogP contribution in [0.5, 0.6) is 17.2 Å². The first kappa shape index (κ1) is 21.3. The first-order valence-corrected chi connectivity index (χ1v) is 8.83. The van der Waals surface area contributed by atoms with E-state index in [4.69, 9.17) is 18.9 Å². The molecule has 25 heavy (non-hydrogen) atoms. The molecule has 0 aliphatic heterocycles. The normalized spacial score (nSPS) is 13.6. The van der Waals surface area contributed by atoms with E-state index in [0.717, 1.165) is 17.6 Å². The fourth-order valence-corrected chi connectivity index (χ4v) is 2.75. The predicted molar refractivity (Wildman–Crippen MR) is 98.9 cm³/mol. The minimum atomic E-state index is -0.398. The van der Waals surface area contributed by atoms with Crippen molar-refractivity contribution in [1.29, 1.82) is 0 Å². The minimum Gasteiger partial charge on any atom is -0.492 e. The van der Waals surface area contributed by atoms with E-state index in [-0.39, 0.29) is 18.1 Å². The fraction of sp³-hybridized carbons (Fsp3) is 0.650. The maximum absolute atomic E-state index is 11.0. The van der Waals surface area contributed by atoms with Crippen molar-refractivity contribution in [3.63, 3.8) is 0 Å². The molecule has 0 saturated carbocycles. The van der Waals surface area contributed by atoms with Gasteiger partial charge in [0.1, 0.15) is 18.1 Å². The zero-order chi connectivity index (χ0) is 19.0. The van der Waals surface area contributed by atoms with E-state index in [1.807, 2.05) is 39.8 Å². The molecular formula is C20H32O5. The van der Waals surface area contributed by atoms with Crippen molar-refractivity contribution in [2.45, 2.75) is 65.8 Å². The molecule has 1 unspecified atom stereocenters. The van der Waals surface area contributed by atoms with Gasteiger partial charge in [0.05, 0.1) is 19.3 Å². The summed E-state index contributed by atoms with van der Waals surface area (Å²) in [7, 11) is 3.19. The number of methoxy groups -OCH3 is 2. The summed E-state index contributed by atoms with van der Waals surface area (Å²) in [5.74, 6) is 2.40. The Balaban J connectivity index is 3.18. The third-order valence-corrected chi connectivity index (χ3v) is 3.75. The number of carbonyl (C=O) groups is 1. The predicted octanol–water partition coefficient (Wildman–Crippen LogP) is 4.05. The number of carbonyl (C=O) groups excluding carboxylic acids is 1. The number of hydrogen-bond acceptors (Lipinski definition) is 5. The Bertz CT molecular complexity index is 539. The summed E-state index contributed by atoms with van der Waals surface area (Å²) < 4.78 is 22.7. The van der Waals surface area contributed by atoms with Gasteiger partial charge in [-0.05, 0) is 58.6 Å². The van der Waals surface area contributed by atoms with E-state index >= 15 is 0 Å². The molecule has 0 aliphatic carbocycles. The highest BCUT2D eigenvalue weighted by atomic mass is 16.5. The van der Waals surface area contributed by atoms with E-state index in [2.05, 4.69) is 6.92 Å². The van der Waals surface area contributed by atoms with Gasteiger partial charge in [-0.15, -0.1) is 0 Å². The van der Waals surface area contributed by atoms with Gasteiger partial charge in [-0.25, -0.2) is 0 Å². The SMILES string of the molecule is COc1c(OC(C)C)ccc(OC(C)C)c1CC(C)C[C@@H](C=O)OC. The lowest BCUT2D eigenvalue weighted by atomic mass is 9.94. The Morgan fingerprint density at radius 2 is 1.52 bits per heavy atom. The monoisotopic (exact) mass is 352 g/mol. The van der Waals surface area contributed by atoms with Gasteiger partial charge < -0.3 is 23.7 Å². The summed E-state index contributed by atoms with van der Waals surface area (Å²) in [5.41, 5.74) is 0.961. The van der Waals surface area contributed by atoms with Crippen LogP contribution in [0.3, 0.4) is 0 Å². The lowest BCUT2D eigenvalue weighted by Gasteiger charge is -2.23. The summed E-state index contributed by atoms with van der Waals surface area (Å²) in [6.45, 7) is 10.0. The molecule has 1 rings (SSSR count). The van der Waals surface area contributed by atoms with Gasteiger partial charge >= 0.3 is 0 Å². The summed E-state index contributed by atoms with van der Waals surface area (Å²) in [4.78, 5) is 11.0. The van der Waals surface area contributed by atoms with E-state index in [1.165, 1.54) is 0 Å². The van der Waals surface area contributed by atoms with Crippen LogP contribution < -0.4 is 14.2 Å². The standard InChI is InChI=1S/C20H32O5/c1-13(2)24-18-8-9-19(25-14(3)4)20(23-7)17(18)11-15(5)10-16(12-21)22-6/h8-9,12-16H,10-11H2,1-7H3/t15?,16-/m0/s1. The molecule has 1 aromatic rings. The Morgan fingerprint density at radius 1 is 0.960 bits per heavy atom. The molecule has 0 spiro atoms. The van der Waals surface area contributed by atoms with Crippen LogP contribution in [0.2, 0.25) is 0 Å². The molecule has 5 heteroatoms. The Kier molecular flexibility index (Phi) is 8.76. The van der Waals surface area contributed by atoms with E-state index in [1.54, 1.807) is 14.2 Å². The first-order chi connectivity index (χ1) is 11.8. The third kappa shape index (κ3) is 6.58. The lowest BCUT2D eigenvalue weighted by Crippen LogP contribution is -2.18. The summed E-state index contributed by atoms with van der Waals surface area (Å²) in [5, 5.41) is 0. The highest BCUT2D eigenvalue weighted by Gasteiger charge is 2.21. The van der Waals surface area contributed by atoms with Crippen LogP contribution in [0.4, 0.5) is 0 Å².